The van der Waals surface area contributed by atoms with Crippen LogP contribution >= 0.6 is 0 Å². The third kappa shape index (κ3) is 3.71. The smallest absolute Gasteiger partial charge is 0.225 e. The number of piperidine rings is 1. The maximum Gasteiger partial charge on any atom is 0.225 e. The first-order valence-corrected chi connectivity index (χ1v) is 7.67. The molecule has 0 aromatic carbocycles. The van der Waals surface area contributed by atoms with Gasteiger partial charge in [-0.1, -0.05) is 26.7 Å². The third-order valence-electron chi connectivity index (χ3n) is 4.37. The standard InChI is InChI=1S/C15H26N2O2/c1-11(2)15(19)17-9-7-13(8-10-17)16-14(18)12-5-3-4-6-12/h11-13H,3-10H2,1-2H3,(H,16,18). The van der Waals surface area contributed by atoms with Gasteiger partial charge in [0.2, 0.25) is 11.8 Å². The van der Waals surface area contributed by atoms with Crippen LogP contribution in [0.1, 0.15) is 52.4 Å². The van der Waals surface area contributed by atoms with E-state index in [-0.39, 0.29) is 29.7 Å². The third-order valence-corrected chi connectivity index (χ3v) is 4.37. The number of hydrogen-bond acceptors (Lipinski definition) is 2. The van der Waals surface area contributed by atoms with Gasteiger partial charge in [0.1, 0.15) is 0 Å². The topological polar surface area (TPSA) is 49.4 Å². The van der Waals surface area contributed by atoms with Gasteiger partial charge in [-0.15, -0.1) is 0 Å². The molecule has 0 bridgehead atoms. The molecular weight excluding hydrogens is 240 g/mol. The van der Waals surface area contributed by atoms with Crippen molar-refractivity contribution in [2.24, 2.45) is 11.8 Å². The lowest BCUT2D eigenvalue weighted by Gasteiger charge is -2.33. The van der Waals surface area contributed by atoms with E-state index in [4.69, 9.17) is 0 Å². The Labute approximate surface area is 115 Å². The summed E-state index contributed by atoms with van der Waals surface area (Å²) in [6, 6.07) is 0.268. The molecule has 2 aliphatic rings. The second-order valence-electron chi connectivity index (χ2n) is 6.24. The van der Waals surface area contributed by atoms with Crippen LogP contribution in [0.25, 0.3) is 0 Å². The van der Waals surface area contributed by atoms with Crippen LogP contribution in [-0.4, -0.2) is 35.8 Å². The first-order chi connectivity index (χ1) is 9.08. The second kappa shape index (κ2) is 6.40. The summed E-state index contributed by atoms with van der Waals surface area (Å²) in [5, 5.41) is 3.17. The number of carbonyl (C=O) groups is 2. The molecule has 108 valence electrons. The highest BCUT2D eigenvalue weighted by atomic mass is 16.2. The molecule has 0 radical (unpaired) electrons. The van der Waals surface area contributed by atoms with Gasteiger partial charge in [-0.2, -0.15) is 0 Å². The van der Waals surface area contributed by atoms with Gasteiger partial charge in [-0.05, 0) is 25.7 Å². The van der Waals surface area contributed by atoms with E-state index in [1.54, 1.807) is 0 Å². The van der Waals surface area contributed by atoms with Crippen LogP contribution in [0.15, 0.2) is 0 Å². The highest BCUT2D eigenvalue weighted by Gasteiger charge is 2.28. The largest absolute Gasteiger partial charge is 0.353 e. The molecule has 2 fully saturated rings. The molecule has 1 heterocycles. The lowest BCUT2D eigenvalue weighted by molar-refractivity contribution is -0.135. The Morgan fingerprint density at radius 1 is 1.05 bits per heavy atom. The van der Waals surface area contributed by atoms with Gasteiger partial charge >= 0.3 is 0 Å². The van der Waals surface area contributed by atoms with E-state index in [0.29, 0.717) is 0 Å². The summed E-state index contributed by atoms with van der Waals surface area (Å²) in [6.07, 6.45) is 6.29. The number of rotatable bonds is 3. The molecule has 1 saturated heterocycles. The Balaban J connectivity index is 1.74. The number of amides is 2. The fraction of sp³-hybridized carbons (Fsp3) is 0.867. The van der Waals surface area contributed by atoms with E-state index in [1.807, 2.05) is 18.7 Å². The quantitative estimate of drug-likeness (QED) is 0.848. The zero-order chi connectivity index (χ0) is 13.8. The Morgan fingerprint density at radius 2 is 1.63 bits per heavy atom. The molecule has 0 unspecified atom stereocenters. The number of carbonyl (C=O) groups excluding carboxylic acids is 2. The minimum absolute atomic E-state index is 0.0737. The monoisotopic (exact) mass is 266 g/mol. The van der Waals surface area contributed by atoms with Crippen molar-refractivity contribution in [1.29, 1.82) is 0 Å². The van der Waals surface area contributed by atoms with Gasteiger partial charge in [-0.25, -0.2) is 0 Å². The number of likely N-dealkylation sites (tertiary alicyclic amines) is 1. The van der Waals surface area contributed by atoms with Crippen molar-refractivity contribution in [1.82, 2.24) is 10.2 Å². The average Bonchev–Trinajstić information content (AvgIpc) is 2.92. The molecule has 2 amide bonds. The molecule has 19 heavy (non-hydrogen) atoms. The summed E-state index contributed by atoms with van der Waals surface area (Å²) in [6.45, 7) is 5.45. The summed E-state index contributed by atoms with van der Waals surface area (Å²) in [7, 11) is 0. The summed E-state index contributed by atoms with van der Waals surface area (Å²) in [5.74, 6) is 0.798. The molecule has 4 heteroatoms. The minimum Gasteiger partial charge on any atom is -0.353 e. The zero-order valence-corrected chi connectivity index (χ0v) is 12.2. The van der Waals surface area contributed by atoms with E-state index >= 15 is 0 Å². The fourth-order valence-electron chi connectivity index (χ4n) is 3.12. The van der Waals surface area contributed by atoms with Crippen LogP contribution < -0.4 is 5.32 Å². The van der Waals surface area contributed by atoms with E-state index in [9.17, 15) is 9.59 Å². The van der Waals surface area contributed by atoms with Crippen LogP contribution in [0.2, 0.25) is 0 Å². The van der Waals surface area contributed by atoms with Gasteiger partial charge in [0.05, 0.1) is 0 Å². The van der Waals surface area contributed by atoms with Gasteiger partial charge in [0, 0.05) is 31.0 Å². The van der Waals surface area contributed by atoms with Gasteiger partial charge in [-0.3, -0.25) is 9.59 Å². The normalized spacial score (nSPS) is 21.9. The SMILES string of the molecule is CC(C)C(=O)N1CCC(NC(=O)C2CCCC2)CC1. The first kappa shape index (κ1) is 14.4. The van der Waals surface area contributed by atoms with Gasteiger partial charge in [0.15, 0.2) is 0 Å². The van der Waals surface area contributed by atoms with Crippen molar-refractivity contribution in [3.05, 3.63) is 0 Å². The van der Waals surface area contributed by atoms with Crippen molar-refractivity contribution in [3.63, 3.8) is 0 Å². The second-order valence-corrected chi connectivity index (χ2v) is 6.24. The Morgan fingerprint density at radius 3 is 2.16 bits per heavy atom. The molecule has 1 N–H and O–H groups in total. The lowest BCUT2D eigenvalue weighted by atomic mass is 10.0. The van der Waals surface area contributed by atoms with Gasteiger partial charge in [0.25, 0.3) is 0 Å². The Bertz CT molecular complexity index is 327. The summed E-state index contributed by atoms with van der Waals surface area (Å²) in [4.78, 5) is 25.9. The van der Waals surface area contributed by atoms with Crippen molar-refractivity contribution >= 4 is 11.8 Å². The molecule has 0 atom stereocenters. The average molecular weight is 266 g/mol. The minimum atomic E-state index is 0.0737. The van der Waals surface area contributed by atoms with E-state index < -0.39 is 0 Å². The number of hydrogen-bond donors (Lipinski definition) is 1. The maximum absolute atomic E-state index is 12.0. The molecule has 2 rings (SSSR count). The summed E-state index contributed by atoms with van der Waals surface area (Å²) >= 11 is 0. The molecule has 1 aliphatic heterocycles. The van der Waals surface area contributed by atoms with Crippen LogP contribution in [-0.2, 0) is 9.59 Å². The molecule has 0 aromatic heterocycles. The molecule has 0 spiro atoms. The highest BCUT2D eigenvalue weighted by molar-refractivity contribution is 5.79. The summed E-state index contributed by atoms with van der Waals surface area (Å²) in [5.41, 5.74) is 0. The van der Waals surface area contributed by atoms with Crippen LogP contribution in [0, 0.1) is 11.8 Å². The maximum atomic E-state index is 12.0. The Hall–Kier alpha value is -1.06. The highest BCUT2D eigenvalue weighted by Crippen LogP contribution is 2.25. The van der Waals surface area contributed by atoms with Crippen molar-refractivity contribution in [2.75, 3.05) is 13.1 Å². The Kier molecular flexibility index (Phi) is 4.83. The van der Waals surface area contributed by atoms with Gasteiger partial charge < -0.3 is 10.2 Å². The van der Waals surface area contributed by atoms with Crippen molar-refractivity contribution in [3.8, 4) is 0 Å². The predicted octanol–water partition coefficient (Wildman–Crippen LogP) is 1.94. The molecule has 1 saturated carbocycles. The fourth-order valence-corrected chi connectivity index (χ4v) is 3.12. The molecule has 1 aliphatic carbocycles. The van der Waals surface area contributed by atoms with Crippen molar-refractivity contribution in [2.45, 2.75) is 58.4 Å². The van der Waals surface area contributed by atoms with Crippen molar-refractivity contribution < 1.29 is 9.59 Å². The number of nitrogens with zero attached hydrogens (tertiary/aromatic N) is 1. The van der Waals surface area contributed by atoms with E-state index in [1.165, 1.54) is 12.8 Å². The van der Waals surface area contributed by atoms with Crippen LogP contribution in [0.4, 0.5) is 0 Å². The first-order valence-electron chi connectivity index (χ1n) is 7.67. The molecular formula is C15H26N2O2. The predicted molar refractivity (Wildman–Crippen MR) is 74.5 cm³/mol. The van der Waals surface area contributed by atoms with E-state index in [0.717, 1.165) is 38.8 Å². The number of nitrogens with one attached hydrogen (secondary N) is 1. The zero-order valence-electron chi connectivity index (χ0n) is 12.2. The molecule has 4 nitrogen and oxygen atoms in total. The lowest BCUT2D eigenvalue weighted by Crippen LogP contribution is -2.48. The molecule has 0 aromatic rings. The van der Waals surface area contributed by atoms with Crippen LogP contribution in [0.3, 0.4) is 0 Å². The van der Waals surface area contributed by atoms with E-state index in [2.05, 4.69) is 5.32 Å². The van der Waals surface area contributed by atoms with Crippen LogP contribution in [0.5, 0.6) is 0 Å². The summed E-state index contributed by atoms with van der Waals surface area (Å²) < 4.78 is 0.